The molecular weight excluding hydrogens is 302 g/mol. The molecule has 1 aliphatic rings. The molecule has 3 aromatic rings. The van der Waals surface area contributed by atoms with Gasteiger partial charge in [0, 0.05) is 17.4 Å². The minimum atomic E-state index is -0.218. The van der Waals surface area contributed by atoms with Crippen LogP contribution in [0, 0.1) is 0 Å². The summed E-state index contributed by atoms with van der Waals surface area (Å²) in [7, 11) is 0. The number of para-hydroxylation sites is 1. The molecule has 6 heteroatoms. The van der Waals surface area contributed by atoms with Crippen molar-refractivity contribution in [3.05, 3.63) is 53.9 Å². The monoisotopic (exact) mass is 321 g/mol. The SMILES string of the molecule is Nc1nc(NCc2ccc3ccccc3n2)cc(C2CC(O)C2)n1. The first-order valence-electron chi connectivity index (χ1n) is 8.08. The lowest BCUT2D eigenvalue weighted by atomic mass is 9.80. The van der Waals surface area contributed by atoms with Crippen LogP contribution in [0.25, 0.3) is 10.9 Å². The molecule has 4 rings (SSSR count). The van der Waals surface area contributed by atoms with E-state index in [2.05, 4.69) is 26.3 Å². The third kappa shape index (κ3) is 3.00. The average molecular weight is 321 g/mol. The number of aliphatic hydroxyl groups is 1. The number of aliphatic hydroxyl groups excluding tert-OH is 1. The highest BCUT2D eigenvalue weighted by Crippen LogP contribution is 2.36. The molecule has 0 unspecified atom stereocenters. The van der Waals surface area contributed by atoms with Gasteiger partial charge in [-0.2, -0.15) is 4.98 Å². The fourth-order valence-corrected chi connectivity index (χ4v) is 3.00. The molecule has 6 nitrogen and oxygen atoms in total. The molecule has 0 aliphatic heterocycles. The molecule has 24 heavy (non-hydrogen) atoms. The van der Waals surface area contributed by atoms with Crippen LogP contribution >= 0.6 is 0 Å². The van der Waals surface area contributed by atoms with Gasteiger partial charge in [-0.1, -0.05) is 24.3 Å². The molecule has 2 heterocycles. The first-order chi connectivity index (χ1) is 11.7. The second-order valence-electron chi connectivity index (χ2n) is 6.21. The van der Waals surface area contributed by atoms with Gasteiger partial charge in [-0.25, -0.2) is 4.98 Å². The number of rotatable bonds is 4. The zero-order chi connectivity index (χ0) is 16.5. The normalized spacial score (nSPS) is 19.9. The number of nitrogens with one attached hydrogen (secondary N) is 1. The maximum absolute atomic E-state index is 9.46. The van der Waals surface area contributed by atoms with Crippen LogP contribution in [-0.2, 0) is 6.54 Å². The van der Waals surface area contributed by atoms with Crippen LogP contribution in [0.3, 0.4) is 0 Å². The number of fused-ring (bicyclic) bond motifs is 1. The first-order valence-corrected chi connectivity index (χ1v) is 8.08. The summed E-state index contributed by atoms with van der Waals surface area (Å²) in [5.41, 5.74) is 8.62. The fourth-order valence-electron chi connectivity index (χ4n) is 3.00. The van der Waals surface area contributed by atoms with Crippen LogP contribution < -0.4 is 11.1 Å². The summed E-state index contributed by atoms with van der Waals surface area (Å²) in [5.74, 6) is 1.21. The van der Waals surface area contributed by atoms with Crippen LogP contribution in [0.2, 0.25) is 0 Å². The Morgan fingerprint density at radius 2 is 1.92 bits per heavy atom. The van der Waals surface area contributed by atoms with E-state index in [-0.39, 0.29) is 18.0 Å². The molecule has 0 amide bonds. The number of hydrogen-bond acceptors (Lipinski definition) is 6. The van der Waals surface area contributed by atoms with Gasteiger partial charge < -0.3 is 16.2 Å². The average Bonchev–Trinajstić information content (AvgIpc) is 2.56. The minimum Gasteiger partial charge on any atom is -0.393 e. The largest absolute Gasteiger partial charge is 0.393 e. The van der Waals surface area contributed by atoms with Crippen molar-refractivity contribution in [1.29, 1.82) is 0 Å². The maximum Gasteiger partial charge on any atom is 0.222 e. The molecule has 0 bridgehead atoms. The van der Waals surface area contributed by atoms with Crippen LogP contribution in [0.5, 0.6) is 0 Å². The van der Waals surface area contributed by atoms with Crippen LogP contribution in [0.1, 0.15) is 30.1 Å². The molecule has 1 aliphatic carbocycles. The van der Waals surface area contributed by atoms with Crippen LogP contribution in [0.4, 0.5) is 11.8 Å². The van der Waals surface area contributed by atoms with E-state index in [0.717, 1.165) is 35.1 Å². The third-order valence-electron chi connectivity index (χ3n) is 4.40. The van der Waals surface area contributed by atoms with Crippen molar-refractivity contribution in [2.45, 2.75) is 31.4 Å². The second kappa shape index (κ2) is 6.05. The molecule has 122 valence electrons. The Morgan fingerprint density at radius 3 is 2.75 bits per heavy atom. The summed E-state index contributed by atoms with van der Waals surface area (Å²) in [5, 5.41) is 13.8. The van der Waals surface area contributed by atoms with Gasteiger partial charge >= 0.3 is 0 Å². The predicted octanol–water partition coefficient (Wildman–Crippen LogP) is 2.46. The number of nitrogens with zero attached hydrogens (tertiary/aromatic N) is 3. The van der Waals surface area contributed by atoms with Gasteiger partial charge in [-0.15, -0.1) is 0 Å². The van der Waals surface area contributed by atoms with E-state index in [9.17, 15) is 5.11 Å². The minimum absolute atomic E-state index is 0.218. The van der Waals surface area contributed by atoms with E-state index in [0.29, 0.717) is 12.4 Å². The number of nitrogen functional groups attached to an aromatic ring is 1. The molecule has 1 aromatic carbocycles. The zero-order valence-electron chi connectivity index (χ0n) is 13.2. The molecular formula is C18H19N5O. The number of hydrogen-bond donors (Lipinski definition) is 3. The Labute approximate surface area is 139 Å². The highest BCUT2D eigenvalue weighted by molar-refractivity contribution is 5.78. The summed E-state index contributed by atoms with van der Waals surface area (Å²) in [6.45, 7) is 0.564. The van der Waals surface area contributed by atoms with Crippen molar-refractivity contribution < 1.29 is 5.11 Å². The van der Waals surface area contributed by atoms with E-state index in [1.54, 1.807) is 0 Å². The smallest absolute Gasteiger partial charge is 0.222 e. The van der Waals surface area contributed by atoms with E-state index in [1.165, 1.54) is 0 Å². The van der Waals surface area contributed by atoms with Crippen LogP contribution in [0.15, 0.2) is 42.5 Å². The second-order valence-corrected chi connectivity index (χ2v) is 6.21. The summed E-state index contributed by atoms with van der Waals surface area (Å²) < 4.78 is 0. The van der Waals surface area contributed by atoms with Crippen molar-refractivity contribution in [2.24, 2.45) is 0 Å². The number of aromatic nitrogens is 3. The lowest BCUT2D eigenvalue weighted by Crippen LogP contribution is -2.27. The topological polar surface area (TPSA) is 97.0 Å². The summed E-state index contributed by atoms with van der Waals surface area (Å²) in [4.78, 5) is 13.2. The first kappa shape index (κ1) is 14.8. The Balaban J connectivity index is 1.50. The van der Waals surface area contributed by atoms with Crippen molar-refractivity contribution in [3.63, 3.8) is 0 Å². The van der Waals surface area contributed by atoms with Gasteiger partial charge in [-0.05, 0) is 25.0 Å². The van der Waals surface area contributed by atoms with E-state index in [4.69, 9.17) is 5.73 Å². The van der Waals surface area contributed by atoms with Crippen molar-refractivity contribution in [1.82, 2.24) is 15.0 Å². The summed E-state index contributed by atoms with van der Waals surface area (Å²) >= 11 is 0. The molecule has 0 atom stereocenters. The molecule has 0 radical (unpaired) electrons. The molecule has 4 N–H and O–H groups in total. The molecule has 0 saturated heterocycles. The van der Waals surface area contributed by atoms with Crippen molar-refractivity contribution in [3.8, 4) is 0 Å². The van der Waals surface area contributed by atoms with Gasteiger partial charge in [0.15, 0.2) is 0 Å². The number of pyridine rings is 1. The fraction of sp³-hybridized carbons (Fsp3) is 0.278. The van der Waals surface area contributed by atoms with Gasteiger partial charge in [0.1, 0.15) is 5.82 Å². The quantitative estimate of drug-likeness (QED) is 0.683. The van der Waals surface area contributed by atoms with Crippen LogP contribution in [-0.4, -0.2) is 26.2 Å². The predicted molar refractivity (Wildman–Crippen MR) is 93.5 cm³/mol. The van der Waals surface area contributed by atoms with Gasteiger partial charge in [0.2, 0.25) is 5.95 Å². The summed E-state index contributed by atoms with van der Waals surface area (Å²) in [6, 6.07) is 14.0. The van der Waals surface area contributed by atoms with E-state index < -0.39 is 0 Å². The van der Waals surface area contributed by atoms with Crippen molar-refractivity contribution in [2.75, 3.05) is 11.1 Å². The Bertz CT molecular complexity index is 876. The molecule has 2 aromatic heterocycles. The van der Waals surface area contributed by atoms with E-state index in [1.807, 2.05) is 36.4 Å². The summed E-state index contributed by atoms with van der Waals surface area (Å²) in [6.07, 6.45) is 1.26. The maximum atomic E-state index is 9.46. The lowest BCUT2D eigenvalue weighted by Gasteiger charge is -2.30. The Morgan fingerprint density at radius 1 is 1.08 bits per heavy atom. The zero-order valence-corrected chi connectivity index (χ0v) is 13.2. The van der Waals surface area contributed by atoms with E-state index >= 15 is 0 Å². The Kier molecular flexibility index (Phi) is 3.74. The van der Waals surface area contributed by atoms with Crippen molar-refractivity contribution >= 4 is 22.7 Å². The third-order valence-corrected chi connectivity index (χ3v) is 4.40. The Hall–Kier alpha value is -2.73. The molecule has 1 saturated carbocycles. The van der Waals surface area contributed by atoms with Gasteiger partial charge in [0.05, 0.1) is 29.6 Å². The van der Waals surface area contributed by atoms with Gasteiger partial charge in [-0.3, -0.25) is 4.98 Å². The highest BCUT2D eigenvalue weighted by Gasteiger charge is 2.30. The highest BCUT2D eigenvalue weighted by atomic mass is 16.3. The standard InChI is InChI=1S/C18H19N5O/c19-18-22-16(12-7-14(24)8-12)9-17(23-18)20-10-13-6-5-11-3-1-2-4-15(11)21-13/h1-6,9,12,14,24H,7-8,10H2,(H3,19,20,22,23). The number of benzene rings is 1. The lowest BCUT2D eigenvalue weighted by molar-refractivity contribution is 0.0732. The van der Waals surface area contributed by atoms with Gasteiger partial charge in [0.25, 0.3) is 0 Å². The molecule has 0 spiro atoms. The molecule has 1 fully saturated rings. The number of anilines is 2. The number of nitrogens with two attached hydrogens (primary N) is 1.